The van der Waals surface area contributed by atoms with E-state index in [1.165, 1.54) is 0 Å². The molecule has 32 heavy (non-hydrogen) atoms. The van der Waals surface area contributed by atoms with Gasteiger partial charge in [-0.3, -0.25) is 4.79 Å². The first-order valence-corrected chi connectivity index (χ1v) is 10.8. The number of ketones is 1. The number of carbonyl (C=O) groups excluding carboxylic acids is 2. The maximum absolute atomic E-state index is 12.1. The van der Waals surface area contributed by atoms with Crippen LogP contribution in [0.15, 0.2) is 84.9 Å². The van der Waals surface area contributed by atoms with Gasteiger partial charge in [0.1, 0.15) is 5.75 Å². The van der Waals surface area contributed by atoms with Crippen LogP contribution in [0.1, 0.15) is 42.9 Å². The van der Waals surface area contributed by atoms with Crippen molar-refractivity contribution in [3.8, 4) is 5.75 Å². The van der Waals surface area contributed by atoms with E-state index in [2.05, 4.69) is 24.3 Å². The van der Waals surface area contributed by atoms with Crippen molar-refractivity contribution >= 4 is 22.9 Å². The molecule has 3 aromatic carbocycles. The molecule has 164 valence electrons. The fourth-order valence-corrected chi connectivity index (χ4v) is 3.67. The third-order valence-corrected chi connectivity index (χ3v) is 5.20. The summed E-state index contributed by atoms with van der Waals surface area (Å²) in [6.07, 6.45) is 1.35. The monoisotopic (exact) mass is 428 g/mol. The summed E-state index contributed by atoms with van der Waals surface area (Å²) in [6, 6.07) is 28.4. The summed E-state index contributed by atoms with van der Waals surface area (Å²) in [5.41, 5.74) is 5.47. The van der Waals surface area contributed by atoms with E-state index in [9.17, 15) is 9.59 Å². The molecule has 0 aliphatic heterocycles. The molecule has 0 aliphatic carbocycles. The van der Waals surface area contributed by atoms with Crippen LogP contribution in [0.3, 0.4) is 0 Å². The Morgan fingerprint density at radius 2 is 1.28 bits per heavy atom. The van der Waals surface area contributed by atoms with Crippen molar-refractivity contribution < 1.29 is 19.1 Å². The Morgan fingerprint density at radius 3 is 1.84 bits per heavy atom. The van der Waals surface area contributed by atoms with Gasteiger partial charge in [-0.2, -0.15) is 0 Å². The van der Waals surface area contributed by atoms with Crippen LogP contribution in [0.25, 0.3) is 11.1 Å². The number of ether oxygens (including phenoxy) is 2. The van der Waals surface area contributed by atoms with Crippen LogP contribution in [-0.4, -0.2) is 25.5 Å². The highest BCUT2D eigenvalue weighted by atomic mass is 16.5. The lowest BCUT2D eigenvalue weighted by Crippen LogP contribution is -2.16. The van der Waals surface area contributed by atoms with E-state index in [4.69, 9.17) is 9.47 Å². The van der Waals surface area contributed by atoms with Gasteiger partial charge >= 0.3 is 5.97 Å². The summed E-state index contributed by atoms with van der Waals surface area (Å²) < 4.78 is 10.2. The zero-order valence-electron chi connectivity index (χ0n) is 18.5. The van der Waals surface area contributed by atoms with Gasteiger partial charge in [0, 0.05) is 6.42 Å². The van der Waals surface area contributed by atoms with Crippen molar-refractivity contribution in [1.82, 2.24) is 0 Å². The van der Waals surface area contributed by atoms with Crippen LogP contribution in [-0.2, 0) is 14.3 Å². The van der Waals surface area contributed by atoms with Gasteiger partial charge in [0.2, 0.25) is 5.78 Å². The molecule has 0 spiro atoms. The van der Waals surface area contributed by atoms with E-state index in [0.717, 1.165) is 33.6 Å². The van der Waals surface area contributed by atoms with Gasteiger partial charge in [0.05, 0.1) is 13.7 Å². The first-order chi connectivity index (χ1) is 15.6. The van der Waals surface area contributed by atoms with Gasteiger partial charge in [-0.05, 0) is 59.7 Å². The number of esters is 1. The smallest absolute Gasteiger partial charge is 0.374 e. The Kier molecular flexibility index (Phi) is 8.38. The summed E-state index contributed by atoms with van der Waals surface area (Å²) in [5, 5.41) is 0. The summed E-state index contributed by atoms with van der Waals surface area (Å²) in [4.78, 5) is 23.9. The summed E-state index contributed by atoms with van der Waals surface area (Å²) in [5.74, 6) is -0.441. The third-order valence-electron chi connectivity index (χ3n) is 5.20. The van der Waals surface area contributed by atoms with Crippen LogP contribution in [0.5, 0.6) is 5.75 Å². The largest absolute Gasteiger partial charge is 0.497 e. The minimum absolute atomic E-state index is 0.153. The van der Waals surface area contributed by atoms with E-state index in [1.54, 1.807) is 14.0 Å². The highest BCUT2D eigenvalue weighted by molar-refractivity contribution is 6.33. The first kappa shape index (κ1) is 23.0. The van der Waals surface area contributed by atoms with Crippen LogP contribution in [0.4, 0.5) is 0 Å². The standard InChI is InChI=1S/C28H28O4/c1-3-32-28(30)26(29)16-10-15-25(21-11-6-4-7-12-21)27(22-13-8-5-9-14-22)23-17-19-24(31-2)20-18-23/h4-9,11-14,17-20H,3,10,15-16H2,1-2H3/b27-25-. The summed E-state index contributed by atoms with van der Waals surface area (Å²) in [6.45, 7) is 1.90. The summed E-state index contributed by atoms with van der Waals surface area (Å²) >= 11 is 0. The number of hydrogen-bond acceptors (Lipinski definition) is 4. The molecule has 0 aromatic heterocycles. The molecule has 0 heterocycles. The zero-order chi connectivity index (χ0) is 22.8. The lowest BCUT2D eigenvalue weighted by Gasteiger charge is -2.18. The predicted molar refractivity (Wildman–Crippen MR) is 127 cm³/mol. The molecular weight excluding hydrogens is 400 g/mol. The molecule has 0 unspecified atom stereocenters. The molecule has 3 rings (SSSR count). The fourth-order valence-electron chi connectivity index (χ4n) is 3.67. The molecule has 0 atom stereocenters. The Hall–Kier alpha value is -3.66. The van der Waals surface area contributed by atoms with Gasteiger partial charge in [0.25, 0.3) is 0 Å². The molecular formula is C28H28O4. The molecule has 4 nitrogen and oxygen atoms in total. The number of rotatable bonds is 10. The maximum atomic E-state index is 12.1. The molecule has 0 fully saturated rings. The lowest BCUT2D eigenvalue weighted by molar-refractivity contribution is -0.153. The van der Waals surface area contributed by atoms with Crippen molar-refractivity contribution in [3.63, 3.8) is 0 Å². The molecule has 0 N–H and O–H groups in total. The Bertz CT molecular complexity index is 1050. The number of hydrogen-bond donors (Lipinski definition) is 0. The zero-order valence-corrected chi connectivity index (χ0v) is 18.5. The summed E-state index contributed by atoms with van der Waals surface area (Å²) in [7, 11) is 1.65. The van der Waals surface area contributed by atoms with Gasteiger partial charge in [-0.1, -0.05) is 72.8 Å². The third kappa shape index (κ3) is 5.94. The van der Waals surface area contributed by atoms with Gasteiger partial charge in [-0.25, -0.2) is 4.79 Å². The maximum Gasteiger partial charge on any atom is 0.374 e. The quantitative estimate of drug-likeness (QED) is 0.227. The Morgan fingerprint density at radius 1 is 0.719 bits per heavy atom. The average molecular weight is 429 g/mol. The lowest BCUT2D eigenvalue weighted by atomic mass is 9.87. The Balaban J connectivity index is 2.04. The van der Waals surface area contributed by atoms with Crippen LogP contribution < -0.4 is 4.74 Å². The Labute approximate surface area is 189 Å². The minimum Gasteiger partial charge on any atom is -0.497 e. The minimum atomic E-state index is -0.754. The SMILES string of the molecule is CCOC(=O)C(=O)CCC/C(=C(\c1ccccc1)c1ccc(OC)cc1)c1ccccc1. The molecule has 0 saturated carbocycles. The van der Waals surface area contributed by atoms with E-state index in [-0.39, 0.29) is 13.0 Å². The normalized spacial score (nSPS) is 11.4. The van der Waals surface area contributed by atoms with Crippen LogP contribution in [0, 0.1) is 0 Å². The molecule has 0 aliphatic rings. The molecule has 4 heteroatoms. The van der Waals surface area contributed by atoms with E-state index >= 15 is 0 Å². The highest BCUT2D eigenvalue weighted by Crippen LogP contribution is 2.36. The molecule has 0 amide bonds. The molecule has 0 bridgehead atoms. The van der Waals surface area contributed by atoms with E-state index in [0.29, 0.717) is 12.8 Å². The second-order valence-corrected chi connectivity index (χ2v) is 7.31. The van der Waals surface area contributed by atoms with Crippen molar-refractivity contribution in [2.75, 3.05) is 13.7 Å². The number of allylic oxidation sites excluding steroid dienone is 1. The number of Topliss-reactive ketones (excluding diaryl/α,β-unsaturated/α-hetero) is 1. The van der Waals surface area contributed by atoms with Crippen molar-refractivity contribution in [2.24, 2.45) is 0 Å². The molecule has 3 aromatic rings. The van der Waals surface area contributed by atoms with Crippen molar-refractivity contribution in [1.29, 1.82) is 0 Å². The topological polar surface area (TPSA) is 52.6 Å². The van der Waals surface area contributed by atoms with Crippen LogP contribution >= 0.6 is 0 Å². The molecule has 0 radical (unpaired) electrons. The highest BCUT2D eigenvalue weighted by Gasteiger charge is 2.17. The van der Waals surface area contributed by atoms with Gasteiger partial charge in [0.15, 0.2) is 0 Å². The van der Waals surface area contributed by atoms with Crippen LogP contribution in [0.2, 0.25) is 0 Å². The second kappa shape index (κ2) is 11.7. The van der Waals surface area contributed by atoms with Crippen molar-refractivity contribution in [3.05, 3.63) is 102 Å². The average Bonchev–Trinajstić information content (AvgIpc) is 2.85. The predicted octanol–water partition coefficient (Wildman–Crippen LogP) is 5.96. The fraction of sp³-hybridized carbons (Fsp3) is 0.214. The number of methoxy groups -OCH3 is 1. The second-order valence-electron chi connectivity index (χ2n) is 7.31. The van der Waals surface area contributed by atoms with Gasteiger partial charge < -0.3 is 9.47 Å². The van der Waals surface area contributed by atoms with Crippen molar-refractivity contribution in [2.45, 2.75) is 26.2 Å². The van der Waals surface area contributed by atoms with E-state index in [1.807, 2.05) is 60.7 Å². The number of benzene rings is 3. The van der Waals surface area contributed by atoms with Gasteiger partial charge in [-0.15, -0.1) is 0 Å². The first-order valence-electron chi connectivity index (χ1n) is 10.8. The molecule has 0 saturated heterocycles. The van der Waals surface area contributed by atoms with E-state index < -0.39 is 11.8 Å². The number of carbonyl (C=O) groups is 2.